The number of phenolic OH excluding ortho intramolecular Hbond substituents is 1. The summed E-state index contributed by atoms with van der Waals surface area (Å²) in [4.78, 5) is 14.2. The van der Waals surface area contributed by atoms with Crippen LogP contribution in [0.4, 0.5) is 0 Å². The molecule has 4 nitrogen and oxygen atoms in total. The van der Waals surface area contributed by atoms with Gasteiger partial charge >= 0.3 is 5.97 Å². The van der Waals surface area contributed by atoms with Crippen LogP contribution in [0.25, 0.3) is 11.1 Å². The maximum atomic E-state index is 10.2. The van der Waals surface area contributed by atoms with E-state index in [1.807, 2.05) is 42.7 Å². The average Bonchev–Trinajstić information content (AvgIpc) is 2.57. The normalized spacial score (nSPS) is 9.45. The van der Waals surface area contributed by atoms with Crippen LogP contribution < -0.4 is 0 Å². The van der Waals surface area contributed by atoms with E-state index < -0.39 is 5.97 Å². The highest BCUT2D eigenvalue weighted by Crippen LogP contribution is 2.16. The summed E-state index contributed by atoms with van der Waals surface area (Å²) in [7, 11) is 0. The molecule has 0 spiro atoms. The van der Waals surface area contributed by atoms with E-state index in [9.17, 15) is 4.79 Å². The van der Waals surface area contributed by atoms with E-state index in [4.69, 9.17) is 10.2 Å². The minimum atomic E-state index is -0.986. The first-order valence-electron chi connectivity index (χ1n) is 6.64. The third kappa shape index (κ3) is 4.45. The highest BCUT2D eigenvalue weighted by molar-refractivity contribution is 5.87. The molecule has 0 radical (unpaired) electrons. The Morgan fingerprint density at radius 3 is 1.86 bits per heavy atom. The van der Waals surface area contributed by atoms with Gasteiger partial charge in [-0.15, -0.1) is 0 Å². The molecular weight excluding hydrogens is 278 g/mol. The molecule has 0 atom stereocenters. The molecule has 0 saturated heterocycles. The Morgan fingerprint density at radius 1 is 0.773 bits per heavy atom. The number of aromatic nitrogens is 1. The van der Waals surface area contributed by atoms with Crippen LogP contribution in [0.2, 0.25) is 0 Å². The van der Waals surface area contributed by atoms with Gasteiger partial charge in [0.15, 0.2) is 0 Å². The number of nitrogens with zero attached hydrogens (tertiary/aromatic N) is 1. The molecular formula is C18H15NO3. The number of aromatic carboxylic acids is 1. The summed E-state index contributed by atoms with van der Waals surface area (Å²) in [6, 6.07) is 19.7. The van der Waals surface area contributed by atoms with Crippen molar-refractivity contribution in [3.05, 3.63) is 84.7 Å². The molecule has 0 aliphatic carbocycles. The van der Waals surface area contributed by atoms with Gasteiger partial charge in [-0.25, -0.2) is 4.79 Å². The molecule has 1 aromatic heterocycles. The van der Waals surface area contributed by atoms with Crippen molar-refractivity contribution in [2.75, 3.05) is 0 Å². The second kappa shape index (κ2) is 7.59. The topological polar surface area (TPSA) is 70.4 Å². The molecule has 3 rings (SSSR count). The van der Waals surface area contributed by atoms with Crippen LogP contribution in [0.5, 0.6) is 5.75 Å². The zero-order valence-electron chi connectivity index (χ0n) is 11.8. The van der Waals surface area contributed by atoms with E-state index in [2.05, 4.69) is 17.1 Å². The van der Waals surface area contributed by atoms with Gasteiger partial charge < -0.3 is 10.2 Å². The summed E-state index contributed by atoms with van der Waals surface area (Å²) in [5, 5.41) is 17.1. The largest absolute Gasteiger partial charge is 0.508 e. The third-order valence-electron chi connectivity index (χ3n) is 2.90. The van der Waals surface area contributed by atoms with E-state index >= 15 is 0 Å². The maximum absolute atomic E-state index is 10.2. The number of carboxylic acids is 1. The van der Waals surface area contributed by atoms with Gasteiger partial charge in [0.05, 0.1) is 5.56 Å². The van der Waals surface area contributed by atoms with Crippen molar-refractivity contribution in [2.24, 2.45) is 0 Å². The maximum Gasteiger partial charge on any atom is 0.335 e. The highest BCUT2D eigenvalue weighted by Gasteiger charge is 1.99. The number of carbonyl (C=O) groups is 1. The van der Waals surface area contributed by atoms with E-state index in [1.54, 1.807) is 0 Å². The lowest BCUT2D eigenvalue weighted by Gasteiger charge is -1.98. The zero-order valence-corrected chi connectivity index (χ0v) is 11.8. The van der Waals surface area contributed by atoms with E-state index in [0.29, 0.717) is 0 Å². The van der Waals surface area contributed by atoms with Gasteiger partial charge in [0.2, 0.25) is 0 Å². The Kier molecular flexibility index (Phi) is 5.26. The number of pyridine rings is 1. The molecule has 22 heavy (non-hydrogen) atoms. The summed E-state index contributed by atoms with van der Waals surface area (Å²) < 4.78 is 0. The van der Waals surface area contributed by atoms with Crippen molar-refractivity contribution in [3.63, 3.8) is 0 Å². The van der Waals surface area contributed by atoms with Crippen LogP contribution in [0.15, 0.2) is 79.1 Å². The van der Waals surface area contributed by atoms with Crippen LogP contribution in [0.1, 0.15) is 10.4 Å². The van der Waals surface area contributed by atoms with Crippen LogP contribution >= 0.6 is 0 Å². The molecule has 0 aliphatic heterocycles. The number of hydrogen-bond acceptors (Lipinski definition) is 3. The molecule has 1 heterocycles. The lowest BCUT2D eigenvalue weighted by Crippen LogP contribution is -1.93. The van der Waals surface area contributed by atoms with Crippen LogP contribution in [-0.2, 0) is 0 Å². The fraction of sp³-hybridized carbons (Fsp3) is 0. The van der Waals surface area contributed by atoms with Gasteiger partial charge in [-0.1, -0.05) is 30.3 Å². The van der Waals surface area contributed by atoms with Crippen molar-refractivity contribution >= 4 is 5.97 Å². The standard InChI is InChI=1S/C11H9N.C7H6O3/c1-2-4-10(5-3-1)11-6-8-12-9-7-11;8-6-3-1-5(2-4-6)7(9)10/h1-9H;1-4,8H,(H,9,10). The lowest BCUT2D eigenvalue weighted by atomic mass is 10.1. The Balaban J connectivity index is 0.000000164. The number of phenols is 1. The van der Waals surface area contributed by atoms with Crippen molar-refractivity contribution in [1.82, 2.24) is 4.98 Å². The summed E-state index contributed by atoms with van der Waals surface area (Å²) in [6.07, 6.45) is 3.62. The quantitative estimate of drug-likeness (QED) is 0.753. The third-order valence-corrected chi connectivity index (χ3v) is 2.90. The highest BCUT2D eigenvalue weighted by atomic mass is 16.4. The molecule has 0 fully saturated rings. The van der Waals surface area contributed by atoms with E-state index in [0.717, 1.165) is 0 Å². The summed E-state index contributed by atoms with van der Waals surface area (Å²) in [5.41, 5.74) is 2.63. The predicted octanol–water partition coefficient (Wildman–Crippen LogP) is 3.84. The first-order chi connectivity index (χ1) is 10.7. The van der Waals surface area contributed by atoms with Gasteiger partial charge in [-0.05, 0) is 47.5 Å². The molecule has 2 N–H and O–H groups in total. The number of rotatable bonds is 2. The molecule has 4 heteroatoms. The first-order valence-corrected chi connectivity index (χ1v) is 6.64. The number of hydrogen-bond donors (Lipinski definition) is 2. The SMILES string of the molecule is O=C(O)c1ccc(O)cc1.c1ccc(-c2ccncc2)cc1. The average molecular weight is 293 g/mol. The Labute approximate surface area is 128 Å². The second-order valence-electron chi connectivity index (χ2n) is 4.45. The van der Waals surface area contributed by atoms with Gasteiger partial charge in [-0.3, -0.25) is 4.98 Å². The fourth-order valence-corrected chi connectivity index (χ4v) is 1.78. The zero-order chi connectivity index (χ0) is 15.8. The predicted molar refractivity (Wildman–Crippen MR) is 84.7 cm³/mol. The molecule has 0 saturated carbocycles. The summed E-state index contributed by atoms with van der Waals surface area (Å²) in [5.74, 6) is -0.912. The van der Waals surface area contributed by atoms with Crippen molar-refractivity contribution < 1.29 is 15.0 Å². The number of aromatic hydroxyl groups is 1. The Hall–Kier alpha value is -3.14. The molecule has 2 aromatic carbocycles. The monoisotopic (exact) mass is 293 g/mol. The van der Waals surface area contributed by atoms with Crippen LogP contribution in [-0.4, -0.2) is 21.2 Å². The van der Waals surface area contributed by atoms with E-state index in [1.165, 1.54) is 35.4 Å². The fourth-order valence-electron chi connectivity index (χ4n) is 1.78. The minimum Gasteiger partial charge on any atom is -0.508 e. The van der Waals surface area contributed by atoms with Gasteiger partial charge in [0.1, 0.15) is 5.75 Å². The molecule has 0 bridgehead atoms. The molecule has 3 aromatic rings. The molecule has 0 amide bonds. The summed E-state index contributed by atoms with van der Waals surface area (Å²) in [6.45, 7) is 0. The van der Waals surface area contributed by atoms with Gasteiger partial charge in [0, 0.05) is 12.4 Å². The van der Waals surface area contributed by atoms with Crippen molar-refractivity contribution in [1.29, 1.82) is 0 Å². The van der Waals surface area contributed by atoms with Crippen molar-refractivity contribution in [2.45, 2.75) is 0 Å². The van der Waals surface area contributed by atoms with Crippen LogP contribution in [0.3, 0.4) is 0 Å². The molecule has 110 valence electrons. The first kappa shape index (κ1) is 15.3. The lowest BCUT2D eigenvalue weighted by molar-refractivity contribution is 0.0697. The summed E-state index contributed by atoms with van der Waals surface area (Å²) >= 11 is 0. The Morgan fingerprint density at radius 2 is 1.32 bits per heavy atom. The van der Waals surface area contributed by atoms with Crippen LogP contribution in [0, 0.1) is 0 Å². The molecule has 0 unspecified atom stereocenters. The molecule has 0 aliphatic rings. The smallest absolute Gasteiger partial charge is 0.335 e. The van der Waals surface area contributed by atoms with E-state index in [-0.39, 0.29) is 11.3 Å². The van der Waals surface area contributed by atoms with Crippen molar-refractivity contribution in [3.8, 4) is 16.9 Å². The number of carboxylic acid groups (broad SMARTS) is 1. The van der Waals surface area contributed by atoms with Gasteiger partial charge in [0.25, 0.3) is 0 Å². The minimum absolute atomic E-state index is 0.0741. The van der Waals surface area contributed by atoms with Gasteiger partial charge in [-0.2, -0.15) is 0 Å². The second-order valence-corrected chi connectivity index (χ2v) is 4.45. The number of benzene rings is 2. The Bertz CT molecular complexity index is 673.